The van der Waals surface area contributed by atoms with E-state index < -0.39 is 10.0 Å². The number of nitrogens with one attached hydrogen (secondary N) is 1. The van der Waals surface area contributed by atoms with Gasteiger partial charge in [-0.15, -0.1) is 0 Å². The summed E-state index contributed by atoms with van der Waals surface area (Å²) in [7, 11) is -3.24. The number of ether oxygens (including phenoxy) is 1. The Morgan fingerprint density at radius 2 is 1.89 bits per heavy atom. The first kappa shape index (κ1) is 21.1. The van der Waals surface area contributed by atoms with Gasteiger partial charge < -0.3 is 15.0 Å². The zero-order chi connectivity index (χ0) is 20.1. The minimum absolute atomic E-state index is 0.0687. The van der Waals surface area contributed by atoms with Crippen LogP contribution >= 0.6 is 0 Å². The fourth-order valence-electron chi connectivity index (χ4n) is 3.80. The predicted molar refractivity (Wildman–Crippen MR) is 110 cm³/mol. The molecule has 0 bridgehead atoms. The predicted octanol–water partition coefficient (Wildman–Crippen LogP) is 1.76. The second-order valence-electron chi connectivity index (χ2n) is 7.52. The van der Waals surface area contributed by atoms with Crippen molar-refractivity contribution in [3.8, 4) is 0 Å². The third-order valence-electron chi connectivity index (χ3n) is 5.64. The second-order valence-corrected chi connectivity index (χ2v) is 9.78. The molecule has 1 aromatic rings. The molecular weight excluding hydrogens is 378 g/mol. The Morgan fingerprint density at radius 3 is 2.54 bits per heavy atom. The molecule has 1 aromatic carbocycles. The normalized spacial score (nSPS) is 22.6. The Kier molecular flexibility index (Phi) is 6.95. The number of anilines is 1. The lowest BCUT2D eigenvalue weighted by Crippen LogP contribution is -2.46. The zero-order valence-corrected chi connectivity index (χ0v) is 17.6. The number of hydrogen-bond acceptors (Lipinski definition) is 5. The lowest BCUT2D eigenvalue weighted by Gasteiger charge is -2.31. The Hall–Kier alpha value is -1.64. The minimum atomic E-state index is -3.24. The van der Waals surface area contributed by atoms with Crippen molar-refractivity contribution in [1.29, 1.82) is 0 Å². The molecule has 2 aliphatic rings. The maximum Gasteiger partial charge on any atom is 0.224 e. The Balaban J connectivity index is 1.57. The first-order chi connectivity index (χ1) is 13.4. The van der Waals surface area contributed by atoms with Crippen LogP contribution in [0, 0.1) is 5.92 Å². The molecule has 8 heteroatoms. The van der Waals surface area contributed by atoms with E-state index in [1.165, 1.54) is 9.99 Å². The van der Waals surface area contributed by atoms with Crippen LogP contribution in [0.15, 0.2) is 24.3 Å². The van der Waals surface area contributed by atoms with Crippen molar-refractivity contribution in [3.63, 3.8) is 0 Å². The van der Waals surface area contributed by atoms with Gasteiger partial charge in [-0.1, -0.05) is 12.1 Å². The number of carbonyl (C=O) groups is 1. The van der Waals surface area contributed by atoms with Crippen LogP contribution in [0.5, 0.6) is 0 Å². The summed E-state index contributed by atoms with van der Waals surface area (Å²) in [5, 5.41) is 3.06. The van der Waals surface area contributed by atoms with Crippen LogP contribution in [0.25, 0.3) is 0 Å². The molecule has 2 aliphatic heterocycles. The van der Waals surface area contributed by atoms with Gasteiger partial charge in [0, 0.05) is 31.9 Å². The molecule has 156 valence electrons. The molecule has 0 aliphatic carbocycles. The Labute approximate surface area is 168 Å². The highest BCUT2D eigenvalue weighted by atomic mass is 32.2. The maximum atomic E-state index is 12.7. The van der Waals surface area contributed by atoms with Gasteiger partial charge in [0.25, 0.3) is 0 Å². The van der Waals surface area contributed by atoms with Gasteiger partial charge in [0.1, 0.15) is 0 Å². The number of benzene rings is 1. The van der Waals surface area contributed by atoms with E-state index in [1.54, 1.807) is 6.92 Å². The van der Waals surface area contributed by atoms with E-state index in [4.69, 9.17) is 4.74 Å². The number of amides is 1. The molecule has 0 saturated carbocycles. The summed E-state index contributed by atoms with van der Waals surface area (Å²) in [6.45, 7) is 7.69. The first-order valence-electron chi connectivity index (χ1n) is 10.1. The van der Waals surface area contributed by atoms with E-state index in [-0.39, 0.29) is 30.2 Å². The number of morpholine rings is 1. The van der Waals surface area contributed by atoms with Crippen molar-refractivity contribution >= 4 is 21.6 Å². The summed E-state index contributed by atoms with van der Waals surface area (Å²) in [5.41, 5.74) is 2.21. The van der Waals surface area contributed by atoms with Crippen LogP contribution in [0.1, 0.15) is 38.3 Å². The monoisotopic (exact) mass is 409 g/mol. The Morgan fingerprint density at radius 1 is 1.21 bits per heavy atom. The largest absolute Gasteiger partial charge is 0.378 e. The summed E-state index contributed by atoms with van der Waals surface area (Å²) in [6.07, 6.45) is 1.45. The van der Waals surface area contributed by atoms with Crippen molar-refractivity contribution in [2.45, 2.75) is 32.7 Å². The molecule has 2 heterocycles. The summed E-state index contributed by atoms with van der Waals surface area (Å²) in [4.78, 5) is 15.0. The van der Waals surface area contributed by atoms with Gasteiger partial charge in [-0.05, 0) is 44.4 Å². The molecule has 7 nitrogen and oxygen atoms in total. The number of hydrogen-bond donors (Lipinski definition) is 1. The average Bonchev–Trinajstić information content (AvgIpc) is 2.74. The van der Waals surface area contributed by atoms with Crippen molar-refractivity contribution in [1.82, 2.24) is 9.62 Å². The number of sulfonamides is 1. The fraction of sp³-hybridized carbons (Fsp3) is 0.650. The van der Waals surface area contributed by atoms with E-state index in [1.807, 2.05) is 19.1 Å². The van der Waals surface area contributed by atoms with Gasteiger partial charge >= 0.3 is 0 Å². The molecule has 1 N–H and O–H groups in total. The van der Waals surface area contributed by atoms with E-state index in [0.29, 0.717) is 6.54 Å². The highest BCUT2D eigenvalue weighted by Gasteiger charge is 2.31. The van der Waals surface area contributed by atoms with Gasteiger partial charge in [-0.2, -0.15) is 0 Å². The van der Waals surface area contributed by atoms with Crippen molar-refractivity contribution in [3.05, 3.63) is 29.8 Å². The van der Waals surface area contributed by atoms with Gasteiger partial charge in [-0.25, -0.2) is 12.7 Å². The lowest BCUT2D eigenvalue weighted by atomic mass is 9.98. The smallest absolute Gasteiger partial charge is 0.224 e. The Bertz CT molecular complexity index is 760. The first-order valence-corrected chi connectivity index (χ1v) is 11.7. The van der Waals surface area contributed by atoms with E-state index in [9.17, 15) is 13.2 Å². The van der Waals surface area contributed by atoms with Crippen molar-refractivity contribution < 1.29 is 17.9 Å². The third kappa shape index (κ3) is 5.04. The molecule has 3 rings (SSSR count). The average molecular weight is 410 g/mol. The van der Waals surface area contributed by atoms with Gasteiger partial charge in [0.15, 0.2) is 0 Å². The summed E-state index contributed by atoms with van der Waals surface area (Å²) < 4.78 is 31.1. The van der Waals surface area contributed by atoms with E-state index >= 15 is 0 Å². The molecule has 2 atom stereocenters. The molecule has 0 radical (unpaired) electrons. The lowest BCUT2D eigenvalue weighted by molar-refractivity contribution is -0.126. The number of nitrogens with zero attached hydrogens (tertiary/aromatic N) is 2. The van der Waals surface area contributed by atoms with Crippen LogP contribution in [0.4, 0.5) is 5.69 Å². The standard InChI is InChI=1S/C20H31N3O4S/c1-3-28(25,26)23-10-4-5-18(15-23)20(24)21-16(2)17-6-8-19(9-7-17)22-11-13-27-14-12-22/h6-9,16,18H,3-5,10-15H2,1-2H3,(H,21,24)/t16-,18-/m1/s1. The number of carbonyl (C=O) groups excluding carboxylic acids is 1. The van der Waals surface area contributed by atoms with Gasteiger partial charge in [0.05, 0.1) is 30.9 Å². The van der Waals surface area contributed by atoms with E-state index in [2.05, 4.69) is 22.3 Å². The molecule has 28 heavy (non-hydrogen) atoms. The number of rotatable bonds is 6. The number of piperidine rings is 1. The summed E-state index contributed by atoms with van der Waals surface area (Å²) in [5.74, 6) is -0.279. The highest BCUT2D eigenvalue weighted by Crippen LogP contribution is 2.23. The highest BCUT2D eigenvalue weighted by molar-refractivity contribution is 7.89. The van der Waals surface area contributed by atoms with Crippen LogP contribution in [0.2, 0.25) is 0 Å². The van der Waals surface area contributed by atoms with Crippen LogP contribution in [0.3, 0.4) is 0 Å². The molecule has 2 saturated heterocycles. The van der Waals surface area contributed by atoms with E-state index in [0.717, 1.165) is 44.7 Å². The molecule has 0 unspecified atom stereocenters. The topological polar surface area (TPSA) is 79.0 Å². The molecule has 1 amide bonds. The van der Waals surface area contributed by atoms with Crippen LogP contribution in [-0.2, 0) is 19.6 Å². The van der Waals surface area contributed by atoms with Crippen molar-refractivity contribution in [2.75, 3.05) is 50.0 Å². The quantitative estimate of drug-likeness (QED) is 0.775. The van der Waals surface area contributed by atoms with Crippen molar-refractivity contribution in [2.24, 2.45) is 5.92 Å². The minimum Gasteiger partial charge on any atom is -0.378 e. The SMILES string of the molecule is CCS(=O)(=O)N1CCC[C@@H](C(=O)N[C@H](C)c2ccc(N3CCOCC3)cc2)C1. The molecule has 0 spiro atoms. The van der Waals surface area contributed by atoms with Gasteiger partial charge in [-0.3, -0.25) is 4.79 Å². The zero-order valence-electron chi connectivity index (χ0n) is 16.8. The molecule has 0 aromatic heterocycles. The second kappa shape index (κ2) is 9.24. The molecular formula is C20H31N3O4S. The maximum absolute atomic E-state index is 12.7. The van der Waals surface area contributed by atoms with Crippen LogP contribution < -0.4 is 10.2 Å². The summed E-state index contributed by atoms with van der Waals surface area (Å²) in [6, 6.07) is 8.14. The fourth-order valence-corrected chi connectivity index (χ4v) is 4.98. The summed E-state index contributed by atoms with van der Waals surface area (Å²) >= 11 is 0. The van der Waals surface area contributed by atoms with Crippen LogP contribution in [-0.4, -0.2) is 63.8 Å². The van der Waals surface area contributed by atoms with Gasteiger partial charge in [0.2, 0.25) is 15.9 Å². The molecule has 2 fully saturated rings. The third-order valence-corrected chi connectivity index (χ3v) is 7.49.